The average molecular weight is 306 g/mol. The van der Waals surface area contributed by atoms with Gasteiger partial charge in [0.2, 0.25) is 0 Å². The fourth-order valence-electron chi connectivity index (χ4n) is 1.89. The molecule has 0 aliphatic rings. The van der Waals surface area contributed by atoms with Gasteiger partial charge in [0.25, 0.3) is 5.91 Å². The number of aryl methyl sites for hydroxylation is 1. The van der Waals surface area contributed by atoms with Crippen molar-refractivity contribution in [2.45, 2.75) is 13.8 Å². The topological polar surface area (TPSA) is 77.2 Å². The molecule has 1 amide bonds. The molecular formula is C15H16ClN3O2. The van der Waals surface area contributed by atoms with Crippen LogP contribution in [0, 0.1) is 6.92 Å². The molecule has 6 heteroatoms. The van der Waals surface area contributed by atoms with Crippen molar-refractivity contribution in [3.63, 3.8) is 0 Å². The summed E-state index contributed by atoms with van der Waals surface area (Å²) in [7, 11) is 0. The van der Waals surface area contributed by atoms with Gasteiger partial charge in [-0.25, -0.2) is 4.98 Å². The van der Waals surface area contributed by atoms with Crippen LogP contribution in [0.2, 0.25) is 5.15 Å². The van der Waals surface area contributed by atoms with Gasteiger partial charge in [0, 0.05) is 11.9 Å². The van der Waals surface area contributed by atoms with Crippen LogP contribution in [0.4, 0.5) is 11.4 Å². The van der Waals surface area contributed by atoms with E-state index < -0.39 is 0 Å². The predicted octanol–water partition coefficient (Wildman–Crippen LogP) is 3.28. The number of nitrogens with zero attached hydrogens (tertiary/aromatic N) is 1. The summed E-state index contributed by atoms with van der Waals surface area (Å²) in [6.45, 7) is 4.14. The van der Waals surface area contributed by atoms with Gasteiger partial charge in [-0.15, -0.1) is 0 Å². The Labute approximate surface area is 128 Å². The first-order valence-electron chi connectivity index (χ1n) is 6.47. The van der Waals surface area contributed by atoms with Crippen molar-refractivity contribution in [1.29, 1.82) is 0 Å². The number of hydrogen-bond donors (Lipinski definition) is 2. The lowest BCUT2D eigenvalue weighted by Crippen LogP contribution is -2.16. The Hall–Kier alpha value is -2.27. The van der Waals surface area contributed by atoms with E-state index in [1.54, 1.807) is 30.5 Å². The number of benzene rings is 1. The highest BCUT2D eigenvalue weighted by Gasteiger charge is 2.17. The third kappa shape index (κ3) is 3.44. The van der Waals surface area contributed by atoms with E-state index in [1.807, 2.05) is 13.8 Å². The van der Waals surface area contributed by atoms with E-state index in [1.165, 1.54) is 0 Å². The highest BCUT2D eigenvalue weighted by atomic mass is 35.5. The highest BCUT2D eigenvalue weighted by Crippen LogP contribution is 2.27. The fraction of sp³-hybridized carbons (Fsp3) is 0.200. The maximum atomic E-state index is 12.4. The summed E-state index contributed by atoms with van der Waals surface area (Å²) in [5.41, 5.74) is 7.84. The van der Waals surface area contributed by atoms with Gasteiger partial charge in [-0.1, -0.05) is 17.7 Å². The maximum Gasteiger partial charge on any atom is 0.261 e. The molecule has 5 nitrogen and oxygen atoms in total. The molecule has 0 aliphatic heterocycles. The first kappa shape index (κ1) is 15.1. The summed E-state index contributed by atoms with van der Waals surface area (Å²) in [6.07, 6.45) is 1.63. The van der Waals surface area contributed by atoms with Crippen LogP contribution in [-0.4, -0.2) is 17.5 Å². The molecule has 0 atom stereocenters. The quantitative estimate of drug-likeness (QED) is 0.671. The van der Waals surface area contributed by atoms with Crippen LogP contribution in [0.15, 0.2) is 30.5 Å². The monoisotopic (exact) mass is 305 g/mol. The Bertz CT molecular complexity index is 674. The van der Waals surface area contributed by atoms with Crippen LogP contribution in [0.3, 0.4) is 0 Å². The third-order valence-electron chi connectivity index (χ3n) is 2.81. The van der Waals surface area contributed by atoms with Crippen molar-refractivity contribution < 1.29 is 9.53 Å². The Morgan fingerprint density at radius 1 is 1.48 bits per heavy atom. The number of ether oxygens (including phenoxy) is 1. The molecule has 1 heterocycles. The SMILES string of the molecule is CCOc1cccc(N)c1C(=O)Nc1cc(C)cnc1Cl. The first-order valence-corrected chi connectivity index (χ1v) is 6.85. The number of aromatic nitrogens is 1. The number of nitrogen functional groups attached to an aromatic ring is 1. The number of pyridine rings is 1. The minimum Gasteiger partial charge on any atom is -0.493 e. The Morgan fingerprint density at radius 3 is 2.95 bits per heavy atom. The zero-order valence-corrected chi connectivity index (χ0v) is 12.6. The summed E-state index contributed by atoms with van der Waals surface area (Å²) < 4.78 is 5.44. The molecule has 1 aromatic heterocycles. The maximum absolute atomic E-state index is 12.4. The van der Waals surface area contributed by atoms with Crippen LogP contribution >= 0.6 is 11.6 Å². The lowest BCUT2D eigenvalue weighted by molar-refractivity contribution is 0.102. The summed E-state index contributed by atoms with van der Waals surface area (Å²) in [5.74, 6) is 0.0533. The Morgan fingerprint density at radius 2 is 2.24 bits per heavy atom. The molecule has 1 aromatic carbocycles. The van der Waals surface area contributed by atoms with Crippen LogP contribution in [-0.2, 0) is 0 Å². The number of carbonyl (C=O) groups is 1. The van der Waals surface area contributed by atoms with Crippen molar-refractivity contribution in [1.82, 2.24) is 4.98 Å². The number of hydrogen-bond acceptors (Lipinski definition) is 4. The van der Waals surface area contributed by atoms with Gasteiger partial charge in [0.05, 0.1) is 12.3 Å². The standard InChI is InChI=1S/C15H16ClN3O2/c1-3-21-12-6-4-5-10(17)13(12)15(20)19-11-7-9(2)8-18-14(11)16/h4-8H,3,17H2,1-2H3,(H,19,20). The molecule has 3 N–H and O–H groups in total. The summed E-state index contributed by atoms with van der Waals surface area (Å²) in [4.78, 5) is 16.4. The van der Waals surface area contributed by atoms with Gasteiger partial charge in [-0.2, -0.15) is 0 Å². The van der Waals surface area contributed by atoms with Gasteiger partial charge in [0.1, 0.15) is 11.3 Å². The molecule has 21 heavy (non-hydrogen) atoms. The molecule has 0 aliphatic carbocycles. The van der Waals surface area contributed by atoms with Gasteiger partial charge in [0.15, 0.2) is 5.15 Å². The zero-order chi connectivity index (χ0) is 15.4. The summed E-state index contributed by atoms with van der Waals surface area (Å²) in [5, 5.41) is 2.94. The third-order valence-corrected chi connectivity index (χ3v) is 3.11. The van der Waals surface area contributed by atoms with Gasteiger partial charge in [-0.3, -0.25) is 4.79 Å². The number of nitrogens with one attached hydrogen (secondary N) is 1. The van der Waals surface area contributed by atoms with E-state index in [2.05, 4.69) is 10.3 Å². The predicted molar refractivity (Wildman–Crippen MR) is 84.0 cm³/mol. The molecule has 0 bridgehead atoms. The van der Waals surface area contributed by atoms with Crippen LogP contribution in [0.1, 0.15) is 22.8 Å². The van der Waals surface area contributed by atoms with Crippen LogP contribution in [0.5, 0.6) is 5.75 Å². The van der Waals surface area contributed by atoms with E-state index in [-0.39, 0.29) is 16.6 Å². The fourth-order valence-corrected chi connectivity index (χ4v) is 2.04. The average Bonchev–Trinajstić information content (AvgIpc) is 2.43. The van der Waals surface area contributed by atoms with Crippen molar-refractivity contribution in [3.05, 3.63) is 46.7 Å². The number of carbonyl (C=O) groups excluding carboxylic acids is 1. The van der Waals surface area contributed by atoms with Crippen molar-refractivity contribution in [2.24, 2.45) is 0 Å². The molecule has 0 saturated heterocycles. The molecule has 0 saturated carbocycles. The second kappa shape index (κ2) is 6.45. The van der Waals surface area contributed by atoms with Gasteiger partial charge >= 0.3 is 0 Å². The highest BCUT2D eigenvalue weighted by molar-refractivity contribution is 6.32. The molecule has 0 fully saturated rings. The molecule has 0 unspecified atom stereocenters. The van der Waals surface area contributed by atoms with E-state index in [0.717, 1.165) is 5.56 Å². The Balaban J connectivity index is 2.34. The largest absolute Gasteiger partial charge is 0.493 e. The number of amides is 1. The second-order valence-electron chi connectivity index (χ2n) is 4.46. The minimum absolute atomic E-state index is 0.224. The molecule has 0 radical (unpaired) electrons. The van der Waals surface area contributed by atoms with E-state index in [4.69, 9.17) is 22.1 Å². The van der Waals surface area contributed by atoms with E-state index in [9.17, 15) is 4.79 Å². The second-order valence-corrected chi connectivity index (χ2v) is 4.82. The minimum atomic E-state index is -0.383. The number of anilines is 2. The molecule has 2 aromatic rings. The number of rotatable bonds is 4. The molecule has 0 spiro atoms. The van der Waals surface area contributed by atoms with Crippen molar-refractivity contribution >= 4 is 28.9 Å². The van der Waals surface area contributed by atoms with Gasteiger partial charge < -0.3 is 15.8 Å². The summed E-state index contributed by atoms with van der Waals surface area (Å²) in [6, 6.07) is 6.82. The smallest absolute Gasteiger partial charge is 0.261 e. The first-order chi connectivity index (χ1) is 10.0. The zero-order valence-electron chi connectivity index (χ0n) is 11.8. The normalized spacial score (nSPS) is 10.2. The molecular weight excluding hydrogens is 290 g/mol. The lowest BCUT2D eigenvalue weighted by Gasteiger charge is -2.13. The van der Waals surface area contributed by atoms with Gasteiger partial charge in [-0.05, 0) is 37.6 Å². The van der Waals surface area contributed by atoms with E-state index >= 15 is 0 Å². The van der Waals surface area contributed by atoms with Crippen LogP contribution in [0.25, 0.3) is 0 Å². The molecule has 2 rings (SSSR count). The summed E-state index contributed by atoms with van der Waals surface area (Å²) >= 11 is 5.98. The van der Waals surface area contributed by atoms with E-state index in [0.29, 0.717) is 23.7 Å². The molecule has 110 valence electrons. The van der Waals surface area contributed by atoms with Crippen molar-refractivity contribution in [3.8, 4) is 5.75 Å². The van der Waals surface area contributed by atoms with Crippen LogP contribution < -0.4 is 15.8 Å². The van der Waals surface area contributed by atoms with Crippen molar-refractivity contribution in [2.75, 3.05) is 17.7 Å². The lowest BCUT2D eigenvalue weighted by atomic mass is 10.1. The number of halogens is 1. The Kier molecular flexibility index (Phi) is 4.65. The number of nitrogens with two attached hydrogens (primary N) is 1.